The molecular weight excluding hydrogens is 747 g/mol. The van der Waals surface area contributed by atoms with Crippen LogP contribution in [0, 0.1) is 0 Å². The summed E-state index contributed by atoms with van der Waals surface area (Å²) in [5.74, 6) is 2.40. The summed E-state index contributed by atoms with van der Waals surface area (Å²) in [5.41, 5.74) is 15.3. The van der Waals surface area contributed by atoms with E-state index >= 15 is 0 Å². The van der Waals surface area contributed by atoms with Crippen LogP contribution in [0.3, 0.4) is 0 Å². The lowest BCUT2D eigenvalue weighted by Crippen LogP contribution is -2.31. The van der Waals surface area contributed by atoms with Gasteiger partial charge in [0.05, 0.1) is 5.39 Å². The molecule has 286 valence electrons. The fraction of sp³-hybridized carbons (Fsp3) is 0.0175. The van der Waals surface area contributed by atoms with Gasteiger partial charge in [-0.1, -0.05) is 158 Å². The number of hydrogen-bond acceptors (Lipinski definition) is 4. The second kappa shape index (κ2) is 13.0. The number of ether oxygens (including phenoxy) is 1. The molecule has 2 aliphatic rings. The summed E-state index contributed by atoms with van der Waals surface area (Å²) >= 11 is 0. The van der Waals surface area contributed by atoms with Crippen molar-refractivity contribution in [2.45, 2.75) is 5.41 Å². The molecule has 4 nitrogen and oxygen atoms in total. The summed E-state index contributed by atoms with van der Waals surface area (Å²) in [6.07, 6.45) is 0. The first kappa shape index (κ1) is 33.8. The second-order valence-corrected chi connectivity index (χ2v) is 16.0. The molecule has 0 N–H and O–H groups in total. The van der Waals surface area contributed by atoms with Crippen molar-refractivity contribution in [1.29, 1.82) is 0 Å². The SMILES string of the molecule is c1ccc(-c2ccc(N(c3ccc(-c4cccc5c4oc4ccccc45)cc3)c3ccc4c5c(oc4c3)C3(c4ccccc4O5)c4ccccc4-c4ccccc43)cc2)cc1. The molecule has 0 saturated carbocycles. The normalized spacial score (nSPS) is 13.2. The molecule has 1 aliphatic heterocycles. The van der Waals surface area contributed by atoms with E-state index in [0.717, 1.165) is 89.5 Å². The number of para-hydroxylation sites is 3. The van der Waals surface area contributed by atoms with Crippen LogP contribution in [-0.2, 0) is 5.41 Å². The third-order valence-electron chi connectivity index (χ3n) is 12.8. The van der Waals surface area contributed by atoms with E-state index in [1.807, 2.05) is 18.2 Å². The monoisotopic (exact) mass is 781 g/mol. The van der Waals surface area contributed by atoms with Crippen molar-refractivity contribution in [1.82, 2.24) is 0 Å². The number of anilines is 3. The molecule has 9 aromatic carbocycles. The Bertz CT molecular complexity index is 3460. The van der Waals surface area contributed by atoms with E-state index in [2.05, 4.69) is 199 Å². The van der Waals surface area contributed by atoms with E-state index < -0.39 is 5.41 Å². The van der Waals surface area contributed by atoms with Crippen LogP contribution in [0.25, 0.3) is 66.3 Å². The van der Waals surface area contributed by atoms with Gasteiger partial charge in [-0.15, -0.1) is 0 Å². The van der Waals surface area contributed by atoms with E-state index in [1.165, 1.54) is 27.8 Å². The van der Waals surface area contributed by atoms with Crippen molar-refractivity contribution >= 4 is 50.0 Å². The van der Waals surface area contributed by atoms with Gasteiger partial charge in [-0.25, -0.2) is 0 Å². The number of fused-ring (bicyclic) bond motifs is 14. The van der Waals surface area contributed by atoms with E-state index in [9.17, 15) is 0 Å². The van der Waals surface area contributed by atoms with Crippen LogP contribution in [-0.4, -0.2) is 0 Å². The number of benzene rings is 9. The maximum absolute atomic E-state index is 7.22. The zero-order valence-electron chi connectivity index (χ0n) is 32.9. The first-order valence-electron chi connectivity index (χ1n) is 20.7. The lowest BCUT2D eigenvalue weighted by Gasteiger charge is -2.36. The van der Waals surface area contributed by atoms with Crippen molar-refractivity contribution in [3.63, 3.8) is 0 Å². The summed E-state index contributed by atoms with van der Waals surface area (Å²) in [4.78, 5) is 2.30. The highest BCUT2D eigenvalue weighted by Gasteiger charge is 2.54. The first-order chi connectivity index (χ1) is 30.2. The number of nitrogens with zero attached hydrogens (tertiary/aromatic N) is 1. The molecule has 0 atom stereocenters. The summed E-state index contributed by atoms with van der Waals surface area (Å²) in [5, 5.41) is 3.17. The molecule has 4 heteroatoms. The van der Waals surface area contributed by atoms with Gasteiger partial charge in [-0.05, 0) is 87.5 Å². The maximum Gasteiger partial charge on any atom is 0.178 e. The van der Waals surface area contributed by atoms with Crippen molar-refractivity contribution in [2.75, 3.05) is 4.90 Å². The van der Waals surface area contributed by atoms with Gasteiger partial charge < -0.3 is 18.5 Å². The molecule has 0 unspecified atom stereocenters. The molecule has 11 aromatic rings. The van der Waals surface area contributed by atoms with Crippen molar-refractivity contribution in [3.05, 3.63) is 235 Å². The highest BCUT2D eigenvalue weighted by Crippen LogP contribution is 2.63. The van der Waals surface area contributed by atoms with Gasteiger partial charge >= 0.3 is 0 Å². The predicted molar refractivity (Wildman–Crippen MR) is 246 cm³/mol. The van der Waals surface area contributed by atoms with Gasteiger partial charge in [0.2, 0.25) is 0 Å². The third kappa shape index (κ3) is 4.87. The molecule has 13 rings (SSSR count). The zero-order chi connectivity index (χ0) is 40.1. The standard InChI is InChI=1S/C57H35NO3/c1-2-13-36(14-3-1)37-25-29-39(30-26-37)58(40-31-27-38(28-32-40)42-18-12-19-46-45-17-6-10-23-51(45)59-54(42)46)41-33-34-47-53(35-41)61-56-55(47)60-52-24-11-9-22-50(52)57(56)48-20-7-4-15-43(48)44-16-5-8-21-49(44)57/h1-35H. The van der Waals surface area contributed by atoms with Gasteiger partial charge in [0.15, 0.2) is 11.5 Å². The minimum absolute atomic E-state index is 0.679. The predicted octanol–water partition coefficient (Wildman–Crippen LogP) is 15.6. The van der Waals surface area contributed by atoms with E-state index in [0.29, 0.717) is 0 Å². The number of furan rings is 2. The molecule has 0 fully saturated rings. The number of rotatable bonds is 5. The molecule has 61 heavy (non-hydrogen) atoms. The highest BCUT2D eigenvalue weighted by atomic mass is 16.5. The quantitative estimate of drug-likeness (QED) is 0.174. The van der Waals surface area contributed by atoms with Crippen LogP contribution in [0.4, 0.5) is 17.1 Å². The van der Waals surface area contributed by atoms with Crippen LogP contribution < -0.4 is 9.64 Å². The van der Waals surface area contributed by atoms with E-state index in [-0.39, 0.29) is 0 Å². The largest absolute Gasteiger partial charge is 0.455 e. The highest BCUT2D eigenvalue weighted by molar-refractivity contribution is 6.09. The molecule has 0 amide bonds. The van der Waals surface area contributed by atoms with Gasteiger partial charge in [0, 0.05) is 45.0 Å². The molecular formula is C57H35NO3. The Morgan fingerprint density at radius 2 is 0.934 bits per heavy atom. The molecule has 1 spiro atoms. The Hall–Kier alpha value is -8.08. The smallest absolute Gasteiger partial charge is 0.178 e. The topological polar surface area (TPSA) is 38.8 Å². The summed E-state index contributed by atoms with van der Waals surface area (Å²) in [7, 11) is 0. The third-order valence-corrected chi connectivity index (χ3v) is 12.8. The van der Waals surface area contributed by atoms with Crippen molar-refractivity contribution in [3.8, 4) is 44.9 Å². The zero-order valence-corrected chi connectivity index (χ0v) is 32.9. The Morgan fingerprint density at radius 1 is 0.361 bits per heavy atom. The van der Waals surface area contributed by atoms with Crippen molar-refractivity contribution in [2.24, 2.45) is 0 Å². The minimum Gasteiger partial charge on any atom is -0.455 e. The Labute approximate surface area is 352 Å². The minimum atomic E-state index is -0.679. The molecule has 1 aliphatic carbocycles. The lowest BCUT2D eigenvalue weighted by molar-refractivity contribution is 0.389. The van der Waals surface area contributed by atoms with Crippen LogP contribution in [0.1, 0.15) is 22.5 Å². The average Bonchev–Trinajstić information content (AvgIpc) is 3.99. The van der Waals surface area contributed by atoms with Crippen LogP contribution in [0.5, 0.6) is 11.5 Å². The molecule has 0 saturated heterocycles. The van der Waals surface area contributed by atoms with Crippen LogP contribution >= 0.6 is 0 Å². The van der Waals surface area contributed by atoms with Gasteiger partial charge in [0.25, 0.3) is 0 Å². The molecule has 0 radical (unpaired) electrons. The summed E-state index contributed by atoms with van der Waals surface area (Å²) in [6, 6.07) is 75.1. The van der Waals surface area contributed by atoms with Gasteiger partial charge in [0.1, 0.15) is 27.9 Å². The fourth-order valence-corrected chi connectivity index (χ4v) is 10.1. The molecule has 3 heterocycles. The lowest BCUT2D eigenvalue weighted by atomic mass is 9.69. The van der Waals surface area contributed by atoms with E-state index in [1.54, 1.807) is 0 Å². The molecule has 0 bridgehead atoms. The molecule has 2 aromatic heterocycles. The summed E-state index contributed by atoms with van der Waals surface area (Å²) < 4.78 is 20.5. The van der Waals surface area contributed by atoms with Gasteiger partial charge in [-0.3, -0.25) is 0 Å². The number of hydrogen-bond donors (Lipinski definition) is 0. The Balaban J connectivity index is 0.980. The van der Waals surface area contributed by atoms with Crippen LogP contribution in [0.2, 0.25) is 0 Å². The Morgan fingerprint density at radius 3 is 1.69 bits per heavy atom. The van der Waals surface area contributed by atoms with Gasteiger partial charge in [-0.2, -0.15) is 0 Å². The van der Waals surface area contributed by atoms with E-state index in [4.69, 9.17) is 13.6 Å². The average molecular weight is 782 g/mol. The Kier molecular flexibility index (Phi) is 7.19. The second-order valence-electron chi connectivity index (χ2n) is 16.0. The summed E-state index contributed by atoms with van der Waals surface area (Å²) in [6.45, 7) is 0. The van der Waals surface area contributed by atoms with Crippen molar-refractivity contribution < 1.29 is 13.6 Å². The maximum atomic E-state index is 7.22. The fourth-order valence-electron chi connectivity index (χ4n) is 10.1. The first-order valence-corrected chi connectivity index (χ1v) is 20.7. The van der Waals surface area contributed by atoms with Crippen LogP contribution in [0.15, 0.2) is 221 Å².